The van der Waals surface area contributed by atoms with Crippen molar-refractivity contribution in [3.05, 3.63) is 194 Å². The molecule has 0 aliphatic carbocycles. The Bertz CT molecular complexity index is 3600. The Morgan fingerprint density at radius 3 is 1.83 bits per heavy atom. The quantitative estimate of drug-likeness (QED) is 0.164. The average Bonchev–Trinajstić information content (AvgIpc) is 3.70. The third-order valence-electron chi connectivity index (χ3n) is 11.6. The summed E-state index contributed by atoms with van der Waals surface area (Å²) in [6, 6.07) is 63.3. The number of benzene rings is 8. The Kier molecular flexibility index (Phi) is 7.47. The molecule has 0 spiro atoms. The molecule has 0 fully saturated rings. The largest absolute Gasteiger partial charge is 0.455 e. The van der Waals surface area contributed by atoms with Crippen LogP contribution in [0.4, 0.5) is 0 Å². The van der Waals surface area contributed by atoms with Crippen molar-refractivity contribution < 1.29 is 4.42 Å². The molecule has 0 saturated heterocycles. The summed E-state index contributed by atoms with van der Waals surface area (Å²) in [5.41, 5.74) is 11.2. The molecule has 274 valence electrons. The number of fused-ring (bicyclic) bond motifs is 10. The molecular formula is C54H32N4O. The van der Waals surface area contributed by atoms with E-state index in [0.717, 1.165) is 94.1 Å². The van der Waals surface area contributed by atoms with Gasteiger partial charge in [0.05, 0.1) is 22.6 Å². The number of nitrogens with zero attached hydrogens (tertiary/aromatic N) is 4. The summed E-state index contributed by atoms with van der Waals surface area (Å²) in [6.07, 6.45) is 3.84. The molecule has 5 nitrogen and oxygen atoms in total. The first-order valence-corrected chi connectivity index (χ1v) is 19.8. The zero-order chi connectivity index (χ0) is 38.9. The molecule has 0 aliphatic rings. The van der Waals surface area contributed by atoms with E-state index in [9.17, 15) is 0 Å². The molecule has 12 rings (SSSR count). The van der Waals surface area contributed by atoms with Crippen molar-refractivity contribution in [2.75, 3.05) is 0 Å². The van der Waals surface area contributed by atoms with Crippen molar-refractivity contribution in [3.63, 3.8) is 0 Å². The Morgan fingerprint density at radius 2 is 1.00 bits per heavy atom. The fourth-order valence-electron chi connectivity index (χ4n) is 8.66. The highest BCUT2D eigenvalue weighted by molar-refractivity contribution is 6.25. The standard InChI is InChI=1S/C54H32N4O/c1-3-12-36(13-4-1)51-44-28-27-43-42-17-9-10-18-49(42)59-53(43)50(44)46-32-55-31-45(52(46)58-51)34-19-22-35(23-20-34)47-30-48(57-54(56-47)37-14-5-2-6-15-37)39-25-26-41-38(29-39)24-21-33-11-7-8-16-40(33)41/h1-32H. The lowest BCUT2D eigenvalue weighted by Crippen LogP contribution is -1.96. The number of pyridine rings is 2. The normalized spacial score (nSPS) is 11.7. The molecule has 4 aromatic heterocycles. The van der Waals surface area contributed by atoms with Gasteiger partial charge in [0.2, 0.25) is 0 Å². The van der Waals surface area contributed by atoms with Crippen molar-refractivity contribution in [1.29, 1.82) is 0 Å². The van der Waals surface area contributed by atoms with Crippen molar-refractivity contribution in [1.82, 2.24) is 19.9 Å². The van der Waals surface area contributed by atoms with Crippen LogP contribution in [-0.2, 0) is 0 Å². The van der Waals surface area contributed by atoms with Crippen molar-refractivity contribution in [2.45, 2.75) is 0 Å². The molecule has 0 aliphatic heterocycles. The number of hydrogen-bond acceptors (Lipinski definition) is 5. The van der Waals surface area contributed by atoms with Gasteiger partial charge in [0.1, 0.15) is 11.2 Å². The molecule has 12 aromatic rings. The van der Waals surface area contributed by atoms with E-state index in [0.29, 0.717) is 5.82 Å². The minimum absolute atomic E-state index is 0.681. The zero-order valence-corrected chi connectivity index (χ0v) is 31.7. The van der Waals surface area contributed by atoms with Gasteiger partial charge in [-0.05, 0) is 51.4 Å². The van der Waals surface area contributed by atoms with E-state index in [2.05, 4.69) is 146 Å². The van der Waals surface area contributed by atoms with Crippen LogP contribution < -0.4 is 0 Å². The highest BCUT2D eigenvalue weighted by Crippen LogP contribution is 2.42. The van der Waals surface area contributed by atoms with Crippen LogP contribution in [0.3, 0.4) is 0 Å². The van der Waals surface area contributed by atoms with Gasteiger partial charge >= 0.3 is 0 Å². The van der Waals surface area contributed by atoms with Crippen molar-refractivity contribution in [2.24, 2.45) is 0 Å². The summed E-state index contributed by atoms with van der Waals surface area (Å²) in [4.78, 5) is 20.5. The number of furan rings is 1. The van der Waals surface area contributed by atoms with Crippen LogP contribution >= 0.6 is 0 Å². The van der Waals surface area contributed by atoms with E-state index in [1.807, 2.05) is 48.8 Å². The molecule has 0 N–H and O–H groups in total. The topological polar surface area (TPSA) is 64.7 Å². The molecule has 8 aromatic carbocycles. The zero-order valence-electron chi connectivity index (χ0n) is 31.7. The monoisotopic (exact) mass is 752 g/mol. The van der Waals surface area contributed by atoms with Crippen LogP contribution in [0.25, 0.3) is 121 Å². The van der Waals surface area contributed by atoms with Gasteiger partial charge < -0.3 is 4.42 Å². The maximum Gasteiger partial charge on any atom is 0.160 e. The van der Waals surface area contributed by atoms with E-state index in [1.165, 1.54) is 21.5 Å². The van der Waals surface area contributed by atoms with Crippen LogP contribution in [0.5, 0.6) is 0 Å². The molecule has 59 heavy (non-hydrogen) atoms. The summed E-state index contributed by atoms with van der Waals surface area (Å²) in [7, 11) is 0. The molecule has 0 unspecified atom stereocenters. The molecular weight excluding hydrogens is 721 g/mol. The molecule has 0 saturated carbocycles. The van der Waals surface area contributed by atoms with Gasteiger partial charge in [0.15, 0.2) is 5.82 Å². The summed E-state index contributed by atoms with van der Waals surface area (Å²) < 4.78 is 6.63. The Hall–Kier alpha value is -8.02. The second-order valence-corrected chi connectivity index (χ2v) is 15.0. The van der Waals surface area contributed by atoms with Crippen LogP contribution in [0.2, 0.25) is 0 Å². The van der Waals surface area contributed by atoms with Gasteiger partial charge in [0, 0.05) is 67.1 Å². The summed E-state index contributed by atoms with van der Waals surface area (Å²) in [5.74, 6) is 0.681. The number of hydrogen-bond donors (Lipinski definition) is 0. The minimum Gasteiger partial charge on any atom is -0.455 e. The number of rotatable bonds is 5. The maximum absolute atomic E-state index is 6.63. The summed E-state index contributed by atoms with van der Waals surface area (Å²) in [6.45, 7) is 0. The van der Waals surface area contributed by atoms with Gasteiger partial charge in [-0.2, -0.15) is 0 Å². The van der Waals surface area contributed by atoms with Gasteiger partial charge in [-0.1, -0.05) is 158 Å². The number of aromatic nitrogens is 4. The fraction of sp³-hybridized carbons (Fsp3) is 0. The predicted molar refractivity (Wildman–Crippen MR) is 242 cm³/mol. The first kappa shape index (κ1) is 33.2. The summed E-state index contributed by atoms with van der Waals surface area (Å²) in [5, 5.41) is 10.0. The van der Waals surface area contributed by atoms with Crippen LogP contribution in [-0.4, -0.2) is 19.9 Å². The van der Waals surface area contributed by atoms with Gasteiger partial charge in [-0.3, -0.25) is 4.98 Å². The van der Waals surface area contributed by atoms with E-state index in [1.54, 1.807) is 0 Å². The minimum atomic E-state index is 0.681. The molecule has 5 heteroatoms. The maximum atomic E-state index is 6.63. The van der Waals surface area contributed by atoms with E-state index in [-0.39, 0.29) is 0 Å². The first-order chi connectivity index (χ1) is 29.2. The van der Waals surface area contributed by atoms with Crippen LogP contribution in [0.1, 0.15) is 0 Å². The van der Waals surface area contributed by atoms with E-state index in [4.69, 9.17) is 24.4 Å². The molecule has 0 radical (unpaired) electrons. The number of para-hydroxylation sites is 1. The lowest BCUT2D eigenvalue weighted by atomic mass is 9.95. The van der Waals surface area contributed by atoms with E-state index < -0.39 is 0 Å². The summed E-state index contributed by atoms with van der Waals surface area (Å²) >= 11 is 0. The molecule has 4 heterocycles. The molecule has 0 bridgehead atoms. The van der Waals surface area contributed by atoms with Crippen molar-refractivity contribution >= 4 is 65.2 Å². The third kappa shape index (κ3) is 5.47. The highest BCUT2D eigenvalue weighted by Gasteiger charge is 2.20. The van der Waals surface area contributed by atoms with E-state index >= 15 is 0 Å². The first-order valence-electron chi connectivity index (χ1n) is 19.8. The third-order valence-corrected chi connectivity index (χ3v) is 11.6. The second-order valence-electron chi connectivity index (χ2n) is 15.0. The van der Waals surface area contributed by atoms with Crippen LogP contribution in [0.15, 0.2) is 199 Å². The Balaban J connectivity index is 1.01. The molecule has 0 atom stereocenters. The van der Waals surface area contributed by atoms with Crippen molar-refractivity contribution in [3.8, 4) is 56.3 Å². The SMILES string of the molecule is c1ccc(-c2nc(-c3ccc(-c4cncc5c4nc(-c4ccccc4)c4ccc6c7ccccc7oc6c45)cc3)cc(-c3ccc4c(ccc5ccccc54)c3)n2)cc1. The average molecular weight is 753 g/mol. The van der Waals surface area contributed by atoms with Gasteiger partial charge in [-0.25, -0.2) is 15.0 Å². The Labute approximate surface area is 338 Å². The predicted octanol–water partition coefficient (Wildman–Crippen LogP) is 14.1. The van der Waals surface area contributed by atoms with Gasteiger partial charge in [0.25, 0.3) is 0 Å². The Morgan fingerprint density at radius 1 is 0.373 bits per heavy atom. The lowest BCUT2D eigenvalue weighted by molar-refractivity contribution is 0.673. The molecule has 0 amide bonds. The fourth-order valence-corrected chi connectivity index (χ4v) is 8.66. The second kappa shape index (κ2) is 13.3. The van der Waals surface area contributed by atoms with Crippen LogP contribution in [0, 0.1) is 0 Å². The lowest BCUT2D eigenvalue weighted by Gasteiger charge is -2.14. The highest BCUT2D eigenvalue weighted by atomic mass is 16.3. The smallest absolute Gasteiger partial charge is 0.160 e. The van der Waals surface area contributed by atoms with Gasteiger partial charge in [-0.15, -0.1) is 0 Å².